The van der Waals surface area contributed by atoms with Crippen LogP contribution in [0.25, 0.3) is 0 Å². The summed E-state index contributed by atoms with van der Waals surface area (Å²) < 4.78 is 37.1. The third kappa shape index (κ3) is 3.64. The molecule has 0 aliphatic heterocycles. The van der Waals surface area contributed by atoms with Gasteiger partial charge < -0.3 is 10.4 Å². The van der Waals surface area contributed by atoms with Crippen molar-refractivity contribution in [1.29, 1.82) is 0 Å². The lowest BCUT2D eigenvalue weighted by molar-refractivity contribution is -0.137. The minimum Gasteiger partial charge on any atom is -0.508 e. The maximum Gasteiger partial charge on any atom is 0.416 e. The van der Waals surface area contributed by atoms with Crippen LogP contribution in [-0.4, -0.2) is 5.11 Å². The highest BCUT2D eigenvalue weighted by atomic mass is 19.4. The molecule has 0 spiro atoms. The van der Waals surface area contributed by atoms with Crippen molar-refractivity contribution in [2.45, 2.75) is 12.7 Å². The number of phenols is 1. The van der Waals surface area contributed by atoms with Crippen LogP contribution in [0.15, 0.2) is 48.5 Å². The van der Waals surface area contributed by atoms with Gasteiger partial charge in [0, 0.05) is 12.2 Å². The molecule has 19 heavy (non-hydrogen) atoms. The number of aromatic hydroxyl groups is 1. The summed E-state index contributed by atoms with van der Waals surface area (Å²) >= 11 is 0. The van der Waals surface area contributed by atoms with E-state index in [-0.39, 0.29) is 5.75 Å². The molecule has 2 nitrogen and oxygen atoms in total. The quantitative estimate of drug-likeness (QED) is 0.880. The highest BCUT2D eigenvalue weighted by molar-refractivity contribution is 5.46. The molecular formula is C14H12F3NO. The van der Waals surface area contributed by atoms with E-state index in [1.807, 2.05) is 6.07 Å². The zero-order chi connectivity index (χ0) is 13.9. The van der Waals surface area contributed by atoms with Gasteiger partial charge in [0.25, 0.3) is 0 Å². The zero-order valence-corrected chi connectivity index (χ0v) is 9.91. The highest BCUT2D eigenvalue weighted by Crippen LogP contribution is 2.29. The monoisotopic (exact) mass is 267 g/mol. The molecule has 0 aliphatic carbocycles. The fourth-order valence-corrected chi connectivity index (χ4v) is 1.65. The second kappa shape index (κ2) is 5.22. The standard InChI is InChI=1S/C14H12F3NO/c15-14(16,17)11-4-6-12(7-5-11)18-9-10-2-1-3-13(19)8-10/h1-8,18-19H,9H2. The van der Waals surface area contributed by atoms with Gasteiger partial charge in [-0.2, -0.15) is 13.2 Å². The molecule has 0 saturated carbocycles. The Labute approximate surface area is 108 Å². The van der Waals surface area contributed by atoms with Crippen LogP contribution >= 0.6 is 0 Å². The first-order valence-electron chi connectivity index (χ1n) is 5.64. The number of nitrogens with one attached hydrogen (secondary N) is 1. The van der Waals surface area contributed by atoms with Gasteiger partial charge in [0.1, 0.15) is 5.75 Å². The Bertz CT molecular complexity index is 549. The lowest BCUT2D eigenvalue weighted by Crippen LogP contribution is -2.05. The average molecular weight is 267 g/mol. The van der Waals surface area contributed by atoms with Gasteiger partial charge >= 0.3 is 6.18 Å². The first kappa shape index (κ1) is 13.3. The molecule has 0 bridgehead atoms. The van der Waals surface area contributed by atoms with Crippen LogP contribution in [0.3, 0.4) is 0 Å². The van der Waals surface area contributed by atoms with Crippen LogP contribution < -0.4 is 5.32 Å². The summed E-state index contributed by atoms with van der Waals surface area (Å²) in [5.41, 5.74) is 0.770. The molecule has 5 heteroatoms. The van der Waals surface area contributed by atoms with Crippen molar-refractivity contribution in [3.63, 3.8) is 0 Å². The lowest BCUT2D eigenvalue weighted by atomic mass is 10.2. The number of hydrogen-bond donors (Lipinski definition) is 2. The first-order valence-corrected chi connectivity index (χ1v) is 5.64. The maximum absolute atomic E-state index is 12.4. The molecule has 0 aliphatic rings. The van der Waals surface area contributed by atoms with Gasteiger partial charge in [0.05, 0.1) is 5.56 Å². The largest absolute Gasteiger partial charge is 0.508 e. The maximum atomic E-state index is 12.4. The number of rotatable bonds is 3. The van der Waals surface area contributed by atoms with Crippen LogP contribution in [0, 0.1) is 0 Å². The Morgan fingerprint density at radius 3 is 2.26 bits per heavy atom. The predicted octanol–water partition coefficient (Wildman–Crippen LogP) is 4.02. The summed E-state index contributed by atoms with van der Waals surface area (Å²) in [6.07, 6.45) is -4.32. The average Bonchev–Trinajstić information content (AvgIpc) is 2.36. The molecule has 0 radical (unpaired) electrons. The van der Waals surface area contributed by atoms with Crippen LogP contribution in [0.5, 0.6) is 5.75 Å². The minimum atomic E-state index is -4.32. The van der Waals surface area contributed by atoms with E-state index < -0.39 is 11.7 Å². The molecule has 2 N–H and O–H groups in total. The number of alkyl halides is 3. The number of benzene rings is 2. The Hall–Kier alpha value is -2.17. The molecule has 0 heterocycles. The van der Waals surface area contributed by atoms with E-state index in [0.717, 1.165) is 17.7 Å². The van der Waals surface area contributed by atoms with Crippen LogP contribution in [-0.2, 0) is 12.7 Å². The van der Waals surface area contributed by atoms with Crippen LogP contribution in [0.1, 0.15) is 11.1 Å². The highest BCUT2D eigenvalue weighted by Gasteiger charge is 2.29. The lowest BCUT2D eigenvalue weighted by Gasteiger charge is -2.09. The summed E-state index contributed by atoms with van der Waals surface area (Å²) in [7, 11) is 0. The van der Waals surface area contributed by atoms with Crippen LogP contribution in [0.2, 0.25) is 0 Å². The Kier molecular flexibility index (Phi) is 3.64. The number of phenolic OH excluding ortho intramolecular Hbond substituents is 1. The van der Waals surface area contributed by atoms with Crippen molar-refractivity contribution in [2.24, 2.45) is 0 Å². The van der Waals surface area contributed by atoms with Crippen molar-refractivity contribution in [3.05, 3.63) is 59.7 Å². The van der Waals surface area contributed by atoms with E-state index in [9.17, 15) is 18.3 Å². The van der Waals surface area contributed by atoms with E-state index in [0.29, 0.717) is 12.2 Å². The predicted molar refractivity (Wildman–Crippen MR) is 66.9 cm³/mol. The van der Waals surface area contributed by atoms with Gasteiger partial charge in [-0.05, 0) is 42.0 Å². The molecular weight excluding hydrogens is 255 g/mol. The summed E-state index contributed by atoms with van der Waals surface area (Å²) in [6.45, 7) is 0.430. The molecule has 0 saturated heterocycles. The van der Waals surface area contributed by atoms with E-state index >= 15 is 0 Å². The van der Waals surface area contributed by atoms with Gasteiger partial charge in [-0.1, -0.05) is 12.1 Å². The van der Waals surface area contributed by atoms with Crippen molar-refractivity contribution in [1.82, 2.24) is 0 Å². The van der Waals surface area contributed by atoms with Crippen molar-refractivity contribution in [2.75, 3.05) is 5.32 Å². The smallest absolute Gasteiger partial charge is 0.416 e. The Morgan fingerprint density at radius 2 is 1.68 bits per heavy atom. The summed E-state index contributed by atoms with van der Waals surface area (Å²) in [6, 6.07) is 11.5. The molecule has 2 aromatic rings. The number of hydrogen-bond acceptors (Lipinski definition) is 2. The second-order valence-electron chi connectivity index (χ2n) is 4.10. The summed E-state index contributed by atoms with van der Waals surface area (Å²) in [4.78, 5) is 0. The Morgan fingerprint density at radius 1 is 1.00 bits per heavy atom. The molecule has 100 valence electrons. The fraction of sp³-hybridized carbons (Fsp3) is 0.143. The molecule has 2 aromatic carbocycles. The first-order chi connectivity index (χ1) is 8.95. The van der Waals surface area contributed by atoms with Crippen molar-refractivity contribution >= 4 is 5.69 Å². The molecule has 0 fully saturated rings. The van der Waals surface area contributed by atoms with E-state index in [1.54, 1.807) is 18.2 Å². The molecule has 0 atom stereocenters. The third-order valence-corrected chi connectivity index (χ3v) is 2.62. The second-order valence-corrected chi connectivity index (χ2v) is 4.10. The van der Waals surface area contributed by atoms with E-state index in [2.05, 4.69) is 5.32 Å². The summed E-state index contributed by atoms with van der Waals surface area (Å²) in [5.74, 6) is 0.159. The summed E-state index contributed by atoms with van der Waals surface area (Å²) in [5, 5.41) is 12.3. The van der Waals surface area contributed by atoms with Gasteiger partial charge in [0.15, 0.2) is 0 Å². The third-order valence-electron chi connectivity index (χ3n) is 2.62. The normalized spacial score (nSPS) is 11.3. The molecule has 0 unspecified atom stereocenters. The Balaban J connectivity index is 2.01. The van der Waals surface area contributed by atoms with E-state index in [1.165, 1.54) is 12.1 Å². The molecule has 0 amide bonds. The minimum absolute atomic E-state index is 0.159. The molecule has 0 aromatic heterocycles. The van der Waals surface area contributed by atoms with Crippen molar-refractivity contribution < 1.29 is 18.3 Å². The number of anilines is 1. The fourth-order valence-electron chi connectivity index (χ4n) is 1.65. The molecule has 2 rings (SSSR count). The zero-order valence-electron chi connectivity index (χ0n) is 9.91. The van der Waals surface area contributed by atoms with Gasteiger partial charge in [-0.25, -0.2) is 0 Å². The van der Waals surface area contributed by atoms with Gasteiger partial charge in [0.2, 0.25) is 0 Å². The van der Waals surface area contributed by atoms with Gasteiger partial charge in [-0.3, -0.25) is 0 Å². The van der Waals surface area contributed by atoms with Crippen LogP contribution in [0.4, 0.5) is 18.9 Å². The SMILES string of the molecule is Oc1cccc(CNc2ccc(C(F)(F)F)cc2)c1. The van der Waals surface area contributed by atoms with E-state index in [4.69, 9.17) is 0 Å². The topological polar surface area (TPSA) is 32.3 Å². The van der Waals surface area contributed by atoms with Crippen molar-refractivity contribution in [3.8, 4) is 5.75 Å². The number of halogens is 3. The van der Waals surface area contributed by atoms with Gasteiger partial charge in [-0.15, -0.1) is 0 Å².